The highest BCUT2D eigenvalue weighted by Gasteiger charge is 2.24. The van der Waals surface area contributed by atoms with Crippen molar-refractivity contribution in [2.75, 3.05) is 25.1 Å². The van der Waals surface area contributed by atoms with E-state index >= 15 is 0 Å². The molecule has 0 unspecified atom stereocenters. The third kappa shape index (κ3) is 3.20. The number of ether oxygens (including phenoxy) is 2. The molecule has 3 aromatic rings. The molecule has 1 fully saturated rings. The van der Waals surface area contributed by atoms with Gasteiger partial charge in [0.1, 0.15) is 17.8 Å². The van der Waals surface area contributed by atoms with E-state index in [0.717, 1.165) is 47.6 Å². The van der Waals surface area contributed by atoms with Gasteiger partial charge in [-0.05, 0) is 20.3 Å². The van der Waals surface area contributed by atoms with Crippen molar-refractivity contribution in [2.45, 2.75) is 32.5 Å². The molecule has 1 N–H and O–H groups in total. The van der Waals surface area contributed by atoms with Crippen molar-refractivity contribution in [3.05, 3.63) is 24.7 Å². The Morgan fingerprint density at radius 1 is 1.23 bits per heavy atom. The molecule has 1 atom stereocenters. The van der Waals surface area contributed by atoms with E-state index in [2.05, 4.69) is 30.0 Å². The highest BCUT2D eigenvalue weighted by molar-refractivity contribution is 5.92. The van der Waals surface area contributed by atoms with Crippen LogP contribution in [0.25, 0.3) is 22.3 Å². The fraction of sp³-hybridized carbons (Fsp3) is 0.444. The molecule has 8 nitrogen and oxygen atoms in total. The van der Waals surface area contributed by atoms with E-state index in [1.165, 1.54) is 0 Å². The minimum atomic E-state index is 0.0600. The molecule has 0 aromatic carbocycles. The molecule has 136 valence electrons. The molecule has 1 aliphatic heterocycles. The van der Waals surface area contributed by atoms with Crippen LogP contribution in [0.4, 0.5) is 5.82 Å². The van der Waals surface area contributed by atoms with Gasteiger partial charge >= 0.3 is 0 Å². The molecule has 0 aliphatic carbocycles. The summed E-state index contributed by atoms with van der Waals surface area (Å²) in [5.74, 6) is 1.46. The predicted molar refractivity (Wildman–Crippen MR) is 98.3 cm³/mol. The largest absolute Gasteiger partial charge is 0.475 e. The van der Waals surface area contributed by atoms with Gasteiger partial charge in [0.2, 0.25) is 5.88 Å². The van der Waals surface area contributed by atoms with Gasteiger partial charge in [0.05, 0.1) is 29.6 Å². The SMILES string of the molecule is CO[C@H]1CCN(c2cc(-c3n[nH]c4cnc(OC(C)C)cc34)ncn2)C1. The summed E-state index contributed by atoms with van der Waals surface area (Å²) in [6, 6.07) is 3.86. The molecule has 8 heteroatoms. The van der Waals surface area contributed by atoms with Crippen molar-refractivity contribution in [3.63, 3.8) is 0 Å². The minimum absolute atomic E-state index is 0.0600. The number of nitrogens with one attached hydrogen (secondary N) is 1. The Labute approximate surface area is 151 Å². The molecular weight excluding hydrogens is 332 g/mol. The van der Waals surface area contributed by atoms with Gasteiger partial charge in [0.15, 0.2) is 0 Å². The molecule has 0 radical (unpaired) electrons. The summed E-state index contributed by atoms with van der Waals surface area (Å²) >= 11 is 0. The summed E-state index contributed by atoms with van der Waals surface area (Å²) < 4.78 is 11.1. The molecule has 3 aromatic heterocycles. The van der Waals surface area contributed by atoms with Crippen LogP contribution in [0.2, 0.25) is 0 Å². The quantitative estimate of drug-likeness (QED) is 0.752. The van der Waals surface area contributed by atoms with E-state index in [4.69, 9.17) is 9.47 Å². The third-order valence-corrected chi connectivity index (χ3v) is 4.48. The summed E-state index contributed by atoms with van der Waals surface area (Å²) in [5, 5.41) is 8.37. The average Bonchev–Trinajstić information content (AvgIpc) is 3.28. The first kappa shape index (κ1) is 16.7. The van der Waals surface area contributed by atoms with Crippen LogP contribution in [0.15, 0.2) is 24.7 Å². The standard InChI is InChI=1S/C18H22N6O2/c1-11(2)26-17-6-13-15(8-19-17)22-23-18(13)14-7-16(21-10-20-14)24-5-4-12(9-24)25-3/h6-8,10-12H,4-5,9H2,1-3H3,(H,22,23)/t12-/m0/s1. The van der Waals surface area contributed by atoms with Gasteiger partial charge in [-0.25, -0.2) is 15.0 Å². The molecule has 26 heavy (non-hydrogen) atoms. The number of aromatic nitrogens is 5. The molecule has 4 rings (SSSR count). The maximum atomic E-state index is 5.70. The molecule has 4 heterocycles. The molecule has 0 saturated carbocycles. The van der Waals surface area contributed by atoms with Gasteiger partial charge < -0.3 is 14.4 Å². The summed E-state index contributed by atoms with van der Waals surface area (Å²) in [6.07, 6.45) is 4.63. The lowest BCUT2D eigenvalue weighted by atomic mass is 10.2. The second kappa shape index (κ2) is 6.87. The Morgan fingerprint density at radius 3 is 2.88 bits per heavy atom. The van der Waals surface area contributed by atoms with Crippen LogP contribution in [0.1, 0.15) is 20.3 Å². The number of fused-ring (bicyclic) bond motifs is 1. The lowest BCUT2D eigenvalue weighted by Crippen LogP contribution is -2.23. The number of H-pyrrole nitrogens is 1. The predicted octanol–water partition coefficient (Wildman–Crippen LogP) is 2.43. The molecule has 0 amide bonds. The summed E-state index contributed by atoms with van der Waals surface area (Å²) in [4.78, 5) is 15.4. The van der Waals surface area contributed by atoms with E-state index in [1.807, 2.05) is 26.0 Å². The lowest BCUT2D eigenvalue weighted by Gasteiger charge is -2.17. The lowest BCUT2D eigenvalue weighted by molar-refractivity contribution is 0.121. The first-order chi connectivity index (χ1) is 12.6. The van der Waals surface area contributed by atoms with Crippen molar-refractivity contribution in [1.82, 2.24) is 25.1 Å². The molecule has 0 spiro atoms. The van der Waals surface area contributed by atoms with Crippen molar-refractivity contribution < 1.29 is 9.47 Å². The van der Waals surface area contributed by atoms with E-state index in [9.17, 15) is 0 Å². The smallest absolute Gasteiger partial charge is 0.214 e. The Balaban J connectivity index is 1.68. The van der Waals surface area contributed by atoms with Gasteiger partial charge in [-0.15, -0.1) is 0 Å². The fourth-order valence-corrected chi connectivity index (χ4v) is 3.18. The number of hydrogen-bond acceptors (Lipinski definition) is 7. The van der Waals surface area contributed by atoms with Crippen LogP contribution in [-0.2, 0) is 4.74 Å². The number of methoxy groups -OCH3 is 1. The Hall–Kier alpha value is -2.74. The van der Waals surface area contributed by atoms with Gasteiger partial charge in [0, 0.05) is 37.7 Å². The maximum absolute atomic E-state index is 5.70. The highest BCUT2D eigenvalue weighted by atomic mass is 16.5. The van der Waals surface area contributed by atoms with Crippen LogP contribution in [-0.4, -0.2) is 57.6 Å². The highest BCUT2D eigenvalue weighted by Crippen LogP contribution is 2.29. The zero-order valence-electron chi connectivity index (χ0n) is 15.1. The van der Waals surface area contributed by atoms with Crippen LogP contribution in [0.3, 0.4) is 0 Å². The van der Waals surface area contributed by atoms with E-state index < -0.39 is 0 Å². The monoisotopic (exact) mass is 354 g/mol. The van der Waals surface area contributed by atoms with Crippen molar-refractivity contribution in [2.24, 2.45) is 0 Å². The molecule has 1 aliphatic rings. The first-order valence-electron chi connectivity index (χ1n) is 8.75. The van der Waals surface area contributed by atoms with E-state index in [1.54, 1.807) is 19.6 Å². The van der Waals surface area contributed by atoms with Crippen molar-refractivity contribution in [3.8, 4) is 17.3 Å². The second-order valence-electron chi connectivity index (χ2n) is 6.66. The number of pyridine rings is 1. The van der Waals surface area contributed by atoms with Crippen LogP contribution in [0, 0.1) is 0 Å². The number of hydrogen-bond donors (Lipinski definition) is 1. The zero-order valence-corrected chi connectivity index (χ0v) is 15.1. The summed E-state index contributed by atoms with van der Waals surface area (Å²) in [5.41, 5.74) is 2.38. The zero-order chi connectivity index (χ0) is 18.1. The number of nitrogens with zero attached hydrogens (tertiary/aromatic N) is 5. The summed E-state index contributed by atoms with van der Waals surface area (Å²) in [7, 11) is 1.75. The van der Waals surface area contributed by atoms with Gasteiger partial charge in [0.25, 0.3) is 0 Å². The number of anilines is 1. The number of aromatic amines is 1. The third-order valence-electron chi connectivity index (χ3n) is 4.48. The van der Waals surface area contributed by atoms with Crippen LogP contribution >= 0.6 is 0 Å². The van der Waals surface area contributed by atoms with Gasteiger partial charge in [-0.2, -0.15) is 5.10 Å². The summed E-state index contributed by atoms with van der Waals surface area (Å²) in [6.45, 7) is 5.71. The molecular formula is C18H22N6O2. The molecule has 0 bridgehead atoms. The van der Waals surface area contributed by atoms with Crippen LogP contribution < -0.4 is 9.64 Å². The Bertz CT molecular complexity index is 910. The maximum Gasteiger partial charge on any atom is 0.214 e. The Kier molecular flexibility index (Phi) is 4.42. The minimum Gasteiger partial charge on any atom is -0.475 e. The van der Waals surface area contributed by atoms with Gasteiger partial charge in [-0.1, -0.05) is 0 Å². The topological polar surface area (TPSA) is 89.0 Å². The van der Waals surface area contributed by atoms with Crippen LogP contribution in [0.5, 0.6) is 5.88 Å². The average molecular weight is 354 g/mol. The van der Waals surface area contributed by atoms with E-state index in [0.29, 0.717) is 5.88 Å². The fourth-order valence-electron chi connectivity index (χ4n) is 3.18. The second-order valence-corrected chi connectivity index (χ2v) is 6.66. The van der Waals surface area contributed by atoms with Crippen molar-refractivity contribution >= 4 is 16.7 Å². The van der Waals surface area contributed by atoms with E-state index in [-0.39, 0.29) is 12.2 Å². The van der Waals surface area contributed by atoms with Crippen molar-refractivity contribution in [1.29, 1.82) is 0 Å². The first-order valence-corrected chi connectivity index (χ1v) is 8.75. The Morgan fingerprint density at radius 2 is 2.12 bits per heavy atom. The van der Waals surface area contributed by atoms with Gasteiger partial charge in [-0.3, -0.25) is 5.10 Å². The number of rotatable bonds is 5. The molecule has 1 saturated heterocycles. The normalized spacial score (nSPS) is 17.4.